The lowest BCUT2D eigenvalue weighted by Gasteiger charge is -2.32. The SMILES string of the molecule is CCCCNC(=O)[C@H](C)N(Cc1ccc(F)cc1)C(=O)CN(c1cccc(Cl)c1)S(=O)(=O)c1ccc(C)cc1. The Kier molecular flexibility index (Phi) is 10.5. The number of nitrogens with zero attached hydrogens (tertiary/aromatic N) is 2. The minimum atomic E-state index is -4.18. The Labute approximate surface area is 234 Å². The molecule has 0 unspecified atom stereocenters. The Morgan fingerprint density at radius 1 is 1.03 bits per heavy atom. The largest absolute Gasteiger partial charge is 0.354 e. The number of hydrogen-bond acceptors (Lipinski definition) is 4. The highest BCUT2D eigenvalue weighted by molar-refractivity contribution is 7.92. The summed E-state index contributed by atoms with van der Waals surface area (Å²) in [5, 5.41) is 3.13. The average molecular weight is 574 g/mol. The van der Waals surface area contributed by atoms with Gasteiger partial charge in [-0.1, -0.05) is 60.8 Å². The fourth-order valence-corrected chi connectivity index (χ4v) is 5.49. The second-order valence-corrected chi connectivity index (χ2v) is 11.6. The highest BCUT2D eigenvalue weighted by Crippen LogP contribution is 2.27. The monoisotopic (exact) mass is 573 g/mol. The van der Waals surface area contributed by atoms with Crippen LogP contribution in [0.2, 0.25) is 5.02 Å². The summed E-state index contributed by atoms with van der Waals surface area (Å²) < 4.78 is 42.1. The molecule has 208 valence electrons. The predicted octanol–water partition coefficient (Wildman–Crippen LogP) is 5.32. The van der Waals surface area contributed by atoms with E-state index in [0.29, 0.717) is 17.1 Å². The smallest absolute Gasteiger partial charge is 0.264 e. The number of amides is 2. The summed E-state index contributed by atoms with van der Waals surface area (Å²) >= 11 is 6.18. The fraction of sp³-hybridized carbons (Fsp3) is 0.310. The minimum absolute atomic E-state index is 0.0105. The van der Waals surface area contributed by atoms with E-state index in [1.807, 2.05) is 13.8 Å². The van der Waals surface area contributed by atoms with Gasteiger partial charge < -0.3 is 10.2 Å². The molecule has 0 saturated heterocycles. The van der Waals surface area contributed by atoms with Crippen molar-refractivity contribution in [2.45, 2.75) is 51.1 Å². The zero-order valence-electron chi connectivity index (χ0n) is 22.2. The van der Waals surface area contributed by atoms with E-state index in [0.717, 1.165) is 22.7 Å². The molecule has 0 aliphatic heterocycles. The highest BCUT2D eigenvalue weighted by atomic mass is 35.5. The van der Waals surface area contributed by atoms with Crippen LogP contribution < -0.4 is 9.62 Å². The number of unbranched alkanes of at least 4 members (excludes halogenated alkanes) is 1. The number of hydrogen-bond donors (Lipinski definition) is 1. The van der Waals surface area contributed by atoms with E-state index in [1.54, 1.807) is 37.3 Å². The molecule has 3 rings (SSSR count). The maximum atomic E-state index is 13.8. The molecular weight excluding hydrogens is 541 g/mol. The summed E-state index contributed by atoms with van der Waals surface area (Å²) in [4.78, 5) is 28.1. The van der Waals surface area contributed by atoms with Crippen molar-refractivity contribution >= 4 is 39.1 Å². The first-order valence-corrected chi connectivity index (χ1v) is 14.5. The number of rotatable bonds is 12. The first kappa shape index (κ1) is 30.1. The molecule has 0 fully saturated rings. The van der Waals surface area contributed by atoms with E-state index in [2.05, 4.69) is 5.32 Å². The zero-order chi connectivity index (χ0) is 28.6. The second-order valence-electron chi connectivity index (χ2n) is 9.27. The van der Waals surface area contributed by atoms with Crippen LogP contribution >= 0.6 is 11.6 Å². The second kappa shape index (κ2) is 13.6. The molecule has 1 N–H and O–H groups in total. The third-order valence-corrected chi connectivity index (χ3v) is 8.27. The van der Waals surface area contributed by atoms with Crippen molar-refractivity contribution in [1.82, 2.24) is 10.2 Å². The van der Waals surface area contributed by atoms with E-state index in [4.69, 9.17) is 11.6 Å². The van der Waals surface area contributed by atoms with E-state index >= 15 is 0 Å². The summed E-state index contributed by atoms with van der Waals surface area (Å²) in [6.07, 6.45) is 1.67. The van der Waals surface area contributed by atoms with Crippen LogP contribution in [-0.4, -0.2) is 44.3 Å². The molecular formula is C29H33ClFN3O4S. The molecule has 0 aliphatic carbocycles. The van der Waals surface area contributed by atoms with E-state index < -0.39 is 34.3 Å². The van der Waals surface area contributed by atoms with Crippen LogP contribution in [-0.2, 0) is 26.2 Å². The molecule has 7 nitrogen and oxygen atoms in total. The predicted molar refractivity (Wildman–Crippen MR) is 151 cm³/mol. The number of nitrogens with one attached hydrogen (secondary N) is 1. The van der Waals surface area contributed by atoms with Crippen LogP contribution in [0.15, 0.2) is 77.7 Å². The van der Waals surface area contributed by atoms with E-state index in [-0.39, 0.29) is 23.0 Å². The summed E-state index contributed by atoms with van der Waals surface area (Å²) in [5.74, 6) is -1.40. The lowest BCUT2D eigenvalue weighted by Crippen LogP contribution is -2.51. The van der Waals surface area contributed by atoms with Gasteiger partial charge in [0.2, 0.25) is 11.8 Å². The molecule has 0 heterocycles. The maximum Gasteiger partial charge on any atom is 0.264 e. The molecule has 0 aliphatic rings. The first-order valence-electron chi connectivity index (χ1n) is 12.7. The Morgan fingerprint density at radius 2 is 1.69 bits per heavy atom. The van der Waals surface area contributed by atoms with Gasteiger partial charge in [-0.3, -0.25) is 13.9 Å². The van der Waals surface area contributed by atoms with Crippen molar-refractivity contribution in [1.29, 1.82) is 0 Å². The number of carbonyl (C=O) groups is 2. The lowest BCUT2D eigenvalue weighted by molar-refractivity contribution is -0.139. The minimum Gasteiger partial charge on any atom is -0.354 e. The number of sulfonamides is 1. The van der Waals surface area contributed by atoms with Gasteiger partial charge in [-0.2, -0.15) is 0 Å². The number of benzene rings is 3. The van der Waals surface area contributed by atoms with Gasteiger partial charge in [-0.15, -0.1) is 0 Å². The summed E-state index contributed by atoms with van der Waals surface area (Å²) in [6, 6.07) is 17.2. The zero-order valence-corrected chi connectivity index (χ0v) is 23.8. The van der Waals surface area contributed by atoms with E-state index in [1.165, 1.54) is 47.4 Å². The van der Waals surface area contributed by atoms with Crippen LogP contribution in [0.1, 0.15) is 37.8 Å². The normalized spacial score (nSPS) is 12.0. The van der Waals surface area contributed by atoms with Crippen LogP contribution in [0.3, 0.4) is 0 Å². The molecule has 39 heavy (non-hydrogen) atoms. The van der Waals surface area contributed by atoms with Crippen molar-refractivity contribution in [2.75, 3.05) is 17.4 Å². The molecule has 0 aromatic heterocycles. The van der Waals surface area contributed by atoms with Gasteiger partial charge in [0.25, 0.3) is 10.0 Å². The van der Waals surface area contributed by atoms with Gasteiger partial charge in [-0.25, -0.2) is 12.8 Å². The molecule has 10 heteroatoms. The number of halogens is 2. The maximum absolute atomic E-state index is 13.8. The molecule has 0 bridgehead atoms. The van der Waals surface area contributed by atoms with Crippen molar-refractivity contribution in [2.24, 2.45) is 0 Å². The third kappa shape index (κ3) is 8.03. The van der Waals surface area contributed by atoms with Crippen molar-refractivity contribution < 1.29 is 22.4 Å². The Morgan fingerprint density at radius 3 is 2.31 bits per heavy atom. The molecule has 0 radical (unpaired) electrons. The lowest BCUT2D eigenvalue weighted by atomic mass is 10.1. The quantitative estimate of drug-likeness (QED) is 0.297. The van der Waals surface area contributed by atoms with Gasteiger partial charge >= 0.3 is 0 Å². The molecule has 0 saturated carbocycles. The van der Waals surface area contributed by atoms with Gasteiger partial charge in [0.1, 0.15) is 18.4 Å². The molecule has 3 aromatic carbocycles. The van der Waals surface area contributed by atoms with Crippen LogP contribution in [0.4, 0.5) is 10.1 Å². The number of anilines is 1. The van der Waals surface area contributed by atoms with Crippen molar-refractivity contribution in [3.63, 3.8) is 0 Å². The Bertz CT molecular complexity index is 1380. The Hall–Kier alpha value is -3.43. The van der Waals surface area contributed by atoms with E-state index in [9.17, 15) is 22.4 Å². The molecule has 1 atom stereocenters. The van der Waals surface area contributed by atoms with Crippen LogP contribution in [0, 0.1) is 12.7 Å². The molecule has 0 spiro atoms. The number of aryl methyl sites for hydroxylation is 1. The topological polar surface area (TPSA) is 86.8 Å². The molecule has 2 amide bonds. The van der Waals surface area contributed by atoms with Crippen LogP contribution in [0.25, 0.3) is 0 Å². The van der Waals surface area contributed by atoms with Crippen molar-refractivity contribution in [3.8, 4) is 0 Å². The average Bonchev–Trinajstić information content (AvgIpc) is 2.91. The highest BCUT2D eigenvalue weighted by Gasteiger charge is 2.32. The summed E-state index contributed by atoms with van der Waals surface area (Å²) in [7, 11) is -4.18. The first-order chi connectivity index (χ1) is 18.5. The Balaban J connectivity index is 1.99. The third-order valence-electron chi connectivity index (χ3n) is 6.25. The summed E-state index contributed by atoms with van der Waals surface area (Å²) in [6.45, 7) is 5.28. The summed E-state index contributed by atoms with van der Waals surface area (Å²) in [5.41, 5.74) is 1.68. The van der Waals surface area contributed by atoms with Gasteiger partial charge in [0, 0.05) is 18.1 Å². The molecule has 3 aromatic rings. The van der Waals surface area contributed by atoms with Crippen LogP contribution in [0.5, 0.6) is 0 Å². The van der Waals surface area contributed by atoms with Gasteiger partial charge in [0.15, 0.2) is 0 Å². The van der Waals surface area contributed by atoms with Gasteiger partial charge in [0.05, 0.1) is 10.6 Å². The van der Waals surface area contributed by atoms with Crippen molar-refractivity contribution in [3.05, 3.63) is 94.8 Å². The number of carbonyl (C=O) groups excluding carboxylic acids is 2. The standard InChI is InChI=1S/C29H33ClFN3O4S/c1-4-5-17-32-29(36)22(3)33(19-23-11-13-25(31)14-12-23)28(35)20-34(26-8-6-7-24(30)18-26)39(37,38)27-15-9-21(2)10-16-27/h6-16,18,22H,4-5,17,19-20H2,1-3H3,(H,32,36)/t22-/m0/s1. The fourth-order valence-electron chi connectivity index (χ4n) is 3.90. The van der Waals surface area contributed by atoms with Gasteiger partial charge in [-0.05, 0) is 68.3 Å².